The minimum atomic E-state index is -4.58. The van der Waals surface area contributed by atoms with Crippen LogP contribution in [0.2, 0.25) is 0 Å². The van der Waals surface area contributed by atoms with Crippen LogP contribution in [0, 0.1) is 18.3 Å². The maximum atomic E-state index is 13.0. The third-order valence-corrected chi connectivity index (χ3v) is 5.34. The van der Waals surface area contributed by atoms with Crippen molar-refractivity contribution in [1.29, 1.82) is 5.26 Å². The zero-order valence-corrected chi connectivity index (χ0v) is 15.6. The Morgan fingerprint density at radius 1 is 1.24 bits per heavy atom. The van der Waals surface area contributed by atoms with Crippen LogP contribution < -0.4 is 0 Å². The predicted molar refractivity (Wildman–Crippen MR) is 98.0 cm³/mol. The number of benzene rings is 1. The second-order valence-corrected chi connectivity index (χ2v) is 7.77. The number of aryl methyl sites for hydroxylation is 1. The summed E-state index contributed by atoms with van der Waals surface area (Å²) < 4.78 is 40.7. The predicted octanol–water partition coefficient (Wildman–Crippen LogP) is 4.09. The number of nitriles is 1. The van der Waals surface area contributed by atoms with Gasteiger partial charge < -0.3 is 14.8 Å². The molecule has 0 unspecified atom stereocenters. The largest absolute Gasteiger partial charge is 0.507 e. The molecule has 0 bridgehead atoms. The van der Waals surface area contributed by atoms with E-state index >= 15 is 0 Å². The van der Waals surface area contributed by atoms with Gasteiger partial charge in [-0.3, -0.25) is 0 Å². The Bertz CT molecular complexity index is 1140. The van der Waals surface area contributed by atoms with Crippen LogP contribution in [0.15, 0.2) is 24.4 Å². The van der Waals surface area contributed by atoms with E-state index in [2.05, 4.69) is 16.3 Å². The first-order chi connectivity index (χ1) is 13.5. The van der Waals surface area contributed by atoms with Crippen molar-refractivity contribution in [1.82, 2.24) is 14.8 Å². The molecule has 29 heavy (non-hydrogen) atoms. The molecule has 2 aromatic heterocycles. The number of aromatic hydroxyl groups is 1. The summed E-state index contributed by atoms with van der Waals surface area (Å²) in [5.41, 5.74) is -0.414. The second-order valence-electron chi connectivity index (χ2n) is 7.77. The minimum absolute atomic E-state index is 0.0176. The number of halogens is 3. The van der Waals surface area contributed by atoms with Crippen molar-refractivity contribution in [3.63, 3.8) is 0 Å². The van der Waals surface area contributed by atoms with Crippen molar-refractivity contribution >= 4 is 11.0 Å². The third-order valence-electron chi connectivity index (χ3n) is 5.34. The number of rotatable bonds is 2. The van der Waals surface area contributed by atoms with E-state index < -0.39 is 23.1 Å². The molecule has 1 aromatic carbocycles. The zero-order valence-electron chi connectivity index (χ0n) is 15.6. The number of fused-ring (bicyclic) bond motifs is 1. The van der Waals surface area contributed by atoms with Crippen molar-refractivity contribution in [3.8, 4) is 23.1 Å². The van der Waals surface area contributed by atoms with Crippen LogP contribution in [0.1, 0.15) is 42.5 Å². The summed E-state index contributed by atoms with van der Waals surface area (Å²) in [6, 6.07) is 5.21. The molecule has 2 heterocycles. The van der Waals surface area contributed by atoms with Crippen LogP contribution in [0.25, 0.3) is 22.3 Å². The van der Waals surface area contributed by atoms with Crippen LogP contribution in [0.4, 0.5) is 13.2 Å². The zero-order chi connectivity index (χ0) is 21.1. The van der Waals surface area contributed by atoms with Crippen molar-refractivity contribution in [2.24, 2.45) is 0 Å². The molecule has 3 aromatic rings. The van der Waals surface area contributed by atoms with E-state index in [1.807, 2.05) is 0 Å². The Hall–Kier alpha value is -3.12. The molecule has 4 rings (SSSR count). The number of nitrogens with zero attached hydrogens (tertiary/aromatic N) is 4. The number of hydrogen-bond donors (Lipinski definition) is 2. The number of aromatic nitrogens is 3. The van der Waals surface area contributed by atoms with Gasteiger partial charge in [-0.25, -0.2) is 0 Å². The van der Waals surface area contributed by atoms with Crippen molar-refractivity contribution < 1.29 is 23.4 Å². The van der Waals surface area contributed by atoms with Gasteiger partial charge in [0.2, 0.25) is 0 Å². The Balaban J connectivity index is 1.82. The highest BCUT2D eigenvalue weighted by molar-refractivity contribution is 5.87. The minimum Gasteiger partial charge on any atom is -0.507 e. The average molecular weight is 402 g/mol. The molecule has 0 spiro atoms. The van der Waals surface area contributed by atoms with E-state index in [1.54, 1.807) is 23.8 Å². The number of phenolic OH excluding ortho intramolecular Hbond substituents is 1. The van der Waals surface area contributed by atoms with Crippen LogP contribution >= 0.6 is 0 Å². The van der Waals surface area contributed by atoms with E-state index in [-0.39, 0.29) is 22.9 Å². The molecule has 0 atom stereocenters. The highest BCUT2D eigenvalue weighted by Gasteiger charge is 2.40. The lowest BCUT2D eigenvalue weighted by Gasteiger charge is -2.41. The molecule has 0 aliphatic heterocycles. The van der Waals surface area contributed by atoms with Gasteiger partial charge in [-0.1, -0.05) is 0 Å². The Kier molecular flexibility index (Phi) is 4.10. The van der Waals surface area contributed by atoms with E-state index in [0.29, 0.717) is 35.5 Å². The molecule has 1 saturated carbocycles. The molecule has 1 aliphatic carbocycles. The van der Waals surface area contributed by atoms with Gasteiger partial charge in [0.15, 0.2) is 5.65 Å². The molecule has 0 radical (unpaired) electrons. The van der Waals surface area contributed by atoms with Crippen molar-refractivity contribution in [2.75, 3.05) is 0 Å². The van der Waals surface area contributed by atoms with Gasteiger partial charge in [0.25, 0.3) is 0 Å². The van der Waals surface area contributed by atoms with Crippen LogP contribution in [0.3, 0.4) is 0 Å². The maximum absolute atomic E-state index is 13.0. The lowest BCUT2D eigenvalue weighted by Crippen LogP contribution is -2.41. The molecule has 150 valence electrons. The normalized spacial score (nSPS) is 21.8. The lowest BCUT2D eigenvalue weighted by atomic mass is 9.77. The fourth-order valence-electron chi connectivity index (χ4n) is 3.95. The molecule has 0 saturated heterocycles. The van der Waals surface area contributed by atoms with Gasteiger partial charge in [-0.15, -0.1) is 10.2 Å². The summed E-state index contributed by atoms with van der Waals surface area (Å²) in [4.78, 5) is 0. The molecule has 0 amide bonds. The Labute approximate surface area is 163 Å². The molecule has 9 heteroatoms. The van der Waals surface area contributed by atoms with Crippen LogP contribution in [0.5, 0.6) is 5.75 Å². The Morgan fingerprint density at radius 3 is 2.48 bits per heavy atom. The summed E-state index contributed by atoms with van der Waals surface area (Å²) in [5.74, 6) is -0.557. The van der Waals surface area contributed by atoms with Crippen molar-refractivity contribution in [2.45, 2.75) is 44.5 Å². The van der Waals surface area contributed by atoms with E-state index in [9.17, 15) is 28.6 Å². The third kappa shape index (κ3) is 3.19. The van der Waals surface area contributed by atoms with Gasteiger partial charge in [0.1, 0.15) is 11.8 Å². The first-order valence-corrected chi connectivity index (χ1v) is 8.92. The van der Waals surface area contributed by atoms with E-state index in [0.717, 1.165) is 6.07 Å². The van der Waals surface area contributed by atoms with Gasteiger partial charge in [0, 0.05) is 23.2 Å². The number of hydrogen-bond acceptors (Lipinski definition) is 5. The number of phenols is 1. The summed E-state index contributed by atoms with van der Waals surface area (Å²) in [7, 11) is 0. The average Bonchev–Trinajstić information content (AvgIpc) is 2.96. The lowest BCUT2D eigenvalue weighted by molar-refractivity contribution is -0.137. The van der Waals surface area contributed by atoms with E-state index in [1.165, 1.54) is 6.92 Å². The highest BCUT2D eigenvalue weighted by Crippen LogP contribution is 2.43. The molecule has 6 nitrogen and oxygen atoms in total. The first kappa shape index (κ1) is 19.2. The summed E-state index contributed by atoms with van der Waals surface area (Å²) in [6.45, 7) is 3.18. The summed E-state index contributed by atoms with van der Waals surface area (Å²) >= 11 is 0. The summed E-state index contributed by atoms with van der Waals surface area (Å²) in [6.07, 6.45) is -1.90. The monoisotopic (exact) mass is 402 g/mol. The smallest absolute Gasteiger partial charge is 0.416 e. The maximum Gasteiger partial charge on any atom is 0.416 e. The molecule has 2 N–H and O–H groups in total. The van der Waals surface area contributed by atoms with E-state index in [4.69, 9.17) is 0 Å². The van der Waals surface area contributed by atoms with Gasteiger partial charge >= 0.3 is 6.18 Å². The highest BCUT2D eigenvalue weighted by atomic mass is 19.4. The SMILES string of the molecule is Cc1cc(C(F)(F)F)cc(O)c1-c1cc2c(C#N)cn(C3CC(C)(O)C3)c2nn1. The molecule has 1 fully saturated rings. The van der Waals surface area contributed by atoms with Crippen LogP contribution in [-0.2, 0) is 6.18 Å². The van der Waals surface area contributed by atoms with Crippen LogP contribution in [-0.4, -0.2) is 30.6 Å². The fourth-order valence-corrected chi connectivity index (χ4v) is 3.95. The van der Waals surface area contributed by atoms with Gasteiger partial charge in [-0.05, 0) is 50.5 Å². The molecular weight excluding hydrogens is 385 g/mol. The molecular formula is C20H17F3N4O2. The fraction of sp³-hybridized carbons (Fsp3) is 0.350. The first-order valence-electron chi connectivity index (χ1n) is 8.92. The summed E-state index contributed by atoms with van der Waals surface area (Å²) in [5, 5.41) is 38.5. The quantitative estimate of drug-likeness (QED) is 0.673. The van der Waals surface area contributed by atoms with Gasteiger partial charge in [0.05, 0.1) is 22.4 Å². The number of aliphatic hydroxyl groups is 1. The molecule has 1 aliphatic rings. The van der Waals surface area contributed by atoms with Crippen molar-refractivity contribution in [3.05, 3.63) is 41.1 Å². The topological polar surface area (TPSA) is 95.0 Å². The second kappa shape index (κ2) is 6.19. The Morgan fingerprint density at radius 2 is 1.93 bits per heavy atom. The number of alkyl halides is 3. The van der Waals surface area contributed by atoms with Gasteiger partial charge in [-0.2, -0.15) is 18.4 Å². The standard InChI is InChI=1S/C20H17F3N4O2/c1-10-3-12(20(21,22)23)4-16(28)17(10)15-5-14-11(8-24)9-27(18(14)26-25-15)13-6-19(2,29)7-13/h3-5,9,13,28-29H,6-7H2,1-2H3.